The number of nitrogens with one attached hydrogen (secondary N) is 1. The van der Waals surface area contributed by atoms with E-state index < -0.39 is 11.5 Å². The van der Waals surface area contributed by atoms with Gasteiger partial charge in [0.15, 0.2) is 0 Å². The highest BCUT2D eigenvalue weighted by atomic mass is 16.5. The van der Waals surface area contributed by atoms with Crippen LogP contribution in [0, 0.1) is 0 Å². The molecule has 1 fully saturated rings. The number of hydrazine groups is 1. The van der Waals surface area contributed by atoms with Crippen molar-refractivity contribution in [2.75, 3.05) is 36.6 Å². The number of aromatic nitrogens is 2. The van der Waals surface area contributed by atoms with E-state index in [0.717, 1.165) is 30.0 Å². The van der Waals surface area contributed by atoms with Gasteiger partial charge in [-0.25, -0.2) is 20.0 Å². The zero-order valence-corrected chi connectivity index (χ0v) is 18.9. The normalized spacial score (nSPS) is 16.1. The summed E-state index contributed by atoms with van der Waals surface area (Å²) in [6, 6.07) is 19.3. The Balaban J connectivity index is 1.59. The molecular formula is C25H29N5O3. The molecule has 2 heterocycles. The van der Waals surface area contributed by atoms with Crippen molar-refractivity contribution in [3.8, 4) is 11.3 Å². The predicted octanol–water partition coefficient (Wildman–Crippen LogP) is 3.63. The van der Waals surface area contributed by atoms with Crippen LogP contribution in [-0.2, 0) is 9.53 Å². The molecule has 0 unspecified atom stereocenters. The van der Waals surface area contributed by atoms with Gasteiger partial charge in [-0.05, 0) is 43.7 Å². The molecule has 1 saturated heterocycles. The Hall–Kier alpha value is -3.33. The zero-order valence-electron chi connectivity index (χ0n) is 18.9. The van der Waals surface area contributed by atoms with Gasteiger partial charge in [-0.15, -0.1) is 0 Å². The minimum Gasteiger partial charge on any atom is -0.380 e. The van der Waals surface area contributed by atoms with Crippen molar-refractivity contribution in [3.05, 3.63) is 66.9 Å². The Morgan fingerprint density at radius 3 is 2.48 bits per heavy atom. The SMILES string of the molecule is CC[C@@](C)(O)C(=O)Nc1ccc(-c2ccnc(N(c3ccccc3)N3CCOCC3)n2)cc1. The number of amides is 1. The summed E-state index contributed by atoms with van der Waals surface area (Å²) in [5, 5.41) is 17.1. The fraction of sp³-hybridized carbons (Fsp3) is 0.320. The number of hydrogen-bond acceptors (Lipinski definition) is 7. The molecule has 1 atom stereocenters. The first-order chi connectivity index (χ1) is 16.0. The number of benzene rings is 2. The molecule has 4 rings (SSSR count). The summed E-state index contributed by atoms with van der Waals surface area (Å²) < 4.78 is 5.53. The van der Waals surface area contributed by atoms with Crippen LogP contribution in [0.5, 0.6) is 0 Å². The minimum atomic E-state index is -1.40. The number of nitrogens with zero attached hydrogens (tertiary/aromatic N) is 4. The second-order valence-corrected chi connectivity index (χ2v) is 8.11. The third-order valence-electron chi connectivity index (χ3n) is 5.72. The number of carbonyl (C=O) groups is 1. The maximum absolute atomic E-state index is 12.2. The summed E-state index contributed by atoms with van der Waals surface area (Å²) >= 11 is 0. The molecule has 3 aromatic rings. The van der Waals surface area contributed by atoms with Gasteiger partial charge in [0.1, 0.15) is 5.60 Å². The van der Waals surface area contributed by atoms with E-state index in [1.54, 1.807) is 25.3 Å². The van der Waals surface area contributed by atoms with Gasteiger partial charge < -0.3 is 15.2 Å². The van der Waals surface area contributed by atoms with Crippen molar-refractivity contribution >= 4 is 23.2 Å². The number of ether oxygens (including phenoxy) is 1. The summed E-state index contributed by atoms with van der Waals surface area (Å²) in [4.78, 5) is 21.6. The van der Waals surface area contributed by atoms with Crippen LogP contribution in [0.4, 0.5) is 17.3 Å². The average molecular weight is 448 g/mol. The topological polar surface area (TPSA) is 90.8 Å². The van der Waals surface area contributed by atoms with Crippen LogP contribution in [0.15, 0.2) is 66.9 Å². The molecule has 0 saturated carbocycles. The number of aliphatic hydroxyl groups is 1. The van der Waals surface area contributed by atoms with Gasteiger partial charge >= 0.3 is 0 Å². The van der Waals surface area contributed by atoms with E-state index in [2.05, 4.69) is 15.3 Å². The molecule has 0 bridgehead atoms. The third-order valence-corrected chi connectivity index (χ3v) is 5.72. The van der Waals surface area contributed by atoms with Crippen molar-refractivity contribution in [2.45, 2.75) is 25.9 Å². The van der Waals surface area contributed by atoms with Crippen LogP contribution in [-0.4, -0.2) is 57.9 Å². The summed E-state index contributed by atoms with van der Waals surface area (Å²) in [6.45, 7) is 6.08. The van der Waals surface area contributed by atoms with Crippen molar-refractivity contribution < 1.29 is 14.6 Å². The Bertz CT molecular complexity index is 1070. The van der Waals surface area contributed by atoms with Crippen LogP contribution in [0.25, 0.3) is 11.3 Å². The van der Waals surface area contributed by atoms with Gasteiger partial charge in [-0.3, -0.25) is 4.79 Å². The molecule has 1 aliphatic heterocycles. The second kappa shape index (κ2) is 10.1. The third kappa shape index (κ3) is 5.36. The Kier molecular flexibility index (Phi) is 6.98. The molecule has 1 amide bonds. The zero-order chi connectivity index (χ0) is 23.3. The molecule has 172 valence electrons. The van der Waals surface area contributed by atoms with E-state index in [-0.39, 0.29) is 0 Å². The van der Waals surface area contributed by atoms with E-state index in [4.69, 9.17) is 9.72 Å². The monoisotopic (exact) mass is 447 g/mol. The number of carbonyl (C=O) groups excluding carboxylic acids is 1. The largest absolute Gasteiger partial charge is 0.380 e. The highest BCUT2D eigenvalue weighted by molar-refractivity contribution is 5.96. The lowest BCUT2D eigenvalue weighted by Gasteiger charge is -2.37. The van der Waals surface area contributed by atoms with Gasteiger partial charge in [-0.1, -0.05) is 37.3 Å². The number of para-hydroxylation sites is 1. The highest BCUT2D eigenvalue weighted by Gasteiger charge is 2.28. The fourth-order valence-electron chi connectivity index (χ4n) is 3.49. The van der Waals surface area contributed by atoms with Gasteiger partial charge in [0.25, 0.3) is 5.91 Å². The second-order valence-electron chi connectivity index (χ2n) is 8.11. The van der Waals surface area contributed by atoms with Gasteiger partial charge in [0.2, 0.25) is 5.95 Å². The van der Waals surface area contributed by atoms with Crippen molar-refractivity contribution in [1.82, 2.24) is 15.0 Å². The molecule has 8 heteroatoms. The lowest BCUT2D eigenvalue weighted by atomic mass is 10.0. The number of anilines is 3. The van der Waals surface area contributed by atoms with Crippen LogP contribution in [0.2, 0.25) is 0 Å². The van der Waals surface area contributed by atoms with E-state index in [1.807, 2.05) is 53.5 Å². The van der Waals surface area contributed by atoms with E-state index in [9.17, 15) is 9.90 Å². The molecular weight excluding hydrogens is 418 g/mol. The smallest absolute Gasteiger partial charge is 0.256 e. The number of rotatable bonds is 7. The van der Waals surface area contributed by atoms with Crippen LogP contribution in [0.1, 0.15) is 20.3 Å². The van der Waals surface area contributed by atoms with Crippen LogP contribution >= 0.6 is 0 Å². The molecule has 1 aromatic heterocycles. The van der Waals surface area contributed by atoms with Crippen molar-refractivity contribution in [1.29, 1.82) is 0 Å². The lowest BCUT2D eigenvalue weighted by Crippen LogP contribution is -2.47. The first kappa shape index (κ1) is 22.8. The van der Waals surface area contributed by atoms with Crippen LogP contribution in [0.3, 0.4) is 0 Å². The summed E-state index contributed by atoms with van der Waals surface area (Å²) in [5.41, 5.74) is 1.87. The first-order valence-corrected chi connectivity index (χ1v) is 11.1. The quantitative estimate of drug-likeness (QED) is 0.572. The molecule has 2 N–H and O–H groups in total. The van der Waals surface area contributed by atoms with Gasteiger partial charge in [0.05, 0.1) is 24.6 Å². The molecule has 0 radical (unpaired) electrons. The molecule has 8 nitrogen and oxygen atoms in total. The summed E-state index contributed by atoms with van der Waals surface area (Å²) in [5.74, 6) is 0.156. The molecule has 0 spiro atoms. The summed E-state index contributed by atoms with van der Waals surface area (Å²) in [7, 11) is 0. The maximum atomic E-state index is 12.2. The van der Waals surface area contributed by atoms with Crippen LogP contribution < -0.4 is 10.3 Å². The molecule has 33 heavy (non-hydrogen) atoms. The Morgan fingerprint density at radius 1 is 1.12 bits per heavy atom. The van der Waals surface area contributed by atoms with Crippen molar-refractivity contribution in [3.63, 3.8) is 0 Å². The Labute approximate surface area is 193 Å². The van der Waals surface area contributed by atoms with Crippen molar-refractivity contribution in [2.24, 2.45) is 0 Å². The van der Waals surface area contributed by atoms with Gasteiger partial charge in [0, 0.05) is 30.5 Å². The first-order valence-electron chi connectivity index (χ1n) is 11.1. The molecule has 0 aliphatic carbocycles. The van der Waals surface area contributed by atoms with E-state index in [1.165, 1.54) is 6.92 Å². The standard InChI is InChI=1S/C25H29N5O3/c1-3-25(2,32)23(31)27-20-11-9-19(10-12-20)22-13-14-26-24(28-22)30(21-7-5-4-6-8-21)29-15-17-33-18-16-29/h4-14,32H,3,15-18H2,1-2H3,(H,27,31)/t25-/m1/s1. The fourth-order valence-corrected chi connectivity index (χ4v) is 3.49. The van der Waals surface area contributed by atoms with Gasteiger partial charge in [-0.2, -0.15) is 0 Å². The highest BCUT2D eigenvalue weighted by Crippen LogP contribution is 2.27. The van der Waals surface area contributed by atoms with E-state index in [0.29, 0.717) is 31.3 Å². The summed E-state index contributed by atoms with van der Waals surface area (Å²) in [6.07, 6.45) is 2.09. The number of morpholine rings is 1. The lowest BCUT2D eigenvalue weighted by molar-refractivity contribution is -0.132. The predicted molar refractivity (Wildman–Crippen MR) is 128 cm³/mol. The average Bonchev–Trinajstić information content (AvgIpc) is 2.86. The number of hydrogen-bond donors (Lipinski definition) is 2. The maximum Gasteiger partial charge on any atom is 0.256 e. The van der Waals surface area contributed by atoms with E-state index >= 15 is 0 Å². The minimum absolute atomic E-state index is 0.335. The Morgan fingerprint density at radius 2 is 1.82 bits per heavy atom. The molecule has 2 aromatic carbocycles. The molecule has 1 aliphatic rings.